The summed E-state index contributed by atoms with van der Waals surface area (Å²) in [6.45, 7) is 0. The van der Waals surface area contributed by atoms with Crippen LogP contribution in [0.2, 0.25) is 5.02 Å². The summed E-state index contributed by atoms with van der Waals surface area (Å²) in [6, 6.07) is 13.3. The van der Waals surface area contributed by atoms with Gasteiger partial charge in [-0.3, -0.25) is 4.98 Å². The second kappa shape index (κ2) is 5.80. The van der Waals surface area contributed by atoms with Crippen molar-refractivity contribution in [2.24, 2.45) is 0 Å². The predicted molar refractivity (Wildman–Crippen MR) is 69.1 cm³/mol. The van der Waals surface area contributed by atoms with Crippen LogP contribution in [0.3, 0.4) is 0 Å². The Labute approximate surface area is 106 Å². The monoisotopic (exact) mass is 247 g/mol. The summed E-state index contributed by atoms with van der Waals surface area (Å²) in [6.07, 6.45) is 2.47. The summed E-state index contributed by atoms with van der Waals surface area (Å²) in [5.74, 6) is 0. The first-order valence-corrected chi connectivity index (χ1v) is 5.94. The molecule has 0 bridgehead atoms. The summed E-state index contributed by atoms with van der Waals surface area (Å²) in [7, 11) is 0. The van der Waals surface area contributed by atoms with Gasteiger partial charge in [-0.1, -0.05) is 29.8 Å². The van der Waals surface area contributed by atoms with Gasteiger partial charge in [0.1, 0.15) is 0 Å². The minimum atomic E-state index is -0.427. The predicted octanol–water partition coefficient (Wildman–Crippen LogP) is 2.88. The lowest BCUT2D eigenvalue weighted by atomic mass is 10.0. The van der Waals surface area contributed by atoms with Gasteiger partial charge in [-0.2, -0.15) is 0 Å². The molecule has 0 aliphatic heterocycles. The molecule has 2 rings (SSSR count). The van der Waals surface area contributed by atoms with E-state index in [0.29, 0.717) is 17.9 Å². The molecular weight excluding hydrogens is 234 g/mol. The van der Waals surface area contributed by atoms with Crippen LogP contribution in [0.5, 0.6) is 0 Å². The number of nitrogens with zero attached hydrogens (tertiary/aromatic N) is 1. The highest BCUT2D eigenvalue weighted by Gasteiger charge is 2.07. The number of hydrogen-bond acceptors (Lipinski definition) is 2. The average Bonchev–Trinajstić information content (AvgIpc) is 2.30. The van der Waals surface area contributed by atoms with E-state index in [4.69, 9.17) is 11.6 Å². The quantitative estimate of drug-likeness (QED) is 0.901. The van der Waals surface area contributed by atoms with Crippen molar-refractivity contribution < 1.29 is 5.11 Å². The molecule has 0 saturated carbocycles. The molecule has 17 heavy (non-hydrogen) atoms. The molecule has 1 heterocycles. The lowest BCUT2D eigenvalue weighted by Crippen LogP contribution is -2.14. The van der Waals surface area contributed by atoms with Crippen LogP contribution in [0.1, 0.15) is 11.3 Å². The SMILES string of the molecule is OC(Cc1cccc(Cl)c1)Cc1ccccn1. The van der Waals surface area contributed by atoms with Crippen LogP contribution in [0, 0.1) is 0 Å². The fourth-order valence-electron chi connectivity index (χ4n) is 1.77. The summed E-state index contributed by atoms with van der Waals surface area (Å²) in [4.78, 5) is 4.19. The molecule has 0 aliphatic carbocycles. The Hall–Kier alpha value is -1.38. The van der Waals surface area contributed by atoms with Crippen LogP contribution in [-0.2, 0) is 12.8 Å². The Morgan fingerprint density at radius 3 is 2.71 bits per heavy atom. The summed E-state index contributed by atoms with van der Waals surface area (Å²) in [5.41, 5.74) is 1.95. The maximum atomic E-state index is 9.96. The van der Waals surface area contributed by atoms with Crippen molar-refractivity contribution >= 4 is 11.6 Å². The van der Waals surface area contributed by atoms with Gasteiger partial charge in [0.15, 0.2) is 0 Å². The standard InChI is InChI=1S/C14H14ClNO/c15-12-5-3-4-11(8-12)9-14(17)10-13-6-1-2-7-16-13/h1-8,14,17H,9-10H2. The molecular formula is C14H14ClNO. The molecule has 1 atom stereocenters. The van der Waals surface area contributed by atoms with E-state index < -0.39 is 6.10 Å². The zero-order valence-corrected chi connectivity index (χ0v) is 10.1. The zero-order chi connectivity index (χ0) is 12.1. The van der Waals surface area contributed by atoms with Gasteiger partial charge in [-0.05, 0) is 36.2 Å². The van der Waals surface area contributed by atoms with Crippen LogP contribution in [-0.4, -0.2) is 16.2 Å². The third kappa shape index (κ3) is 3.84. The van der Waals surface area contributed by atoms with E-state index in [2.05, 4.69) is 4.98 Å². The molecule has 1 N–H and O–H groups in total. The highest BCUT2D eigenvalue weighted by molar-refractivity contribution is 6.30. The number of aromatic nitrogens is 1. The van der Waals surface area contributed by atoms with Crippen LogP contribution in [0.4, 0.5) is 0 Å². The number of aliphatic hydroxyl groups is 1. The Morgan fingerprint density at radius 2 is 2.00 bits per heavy atom. The first kappa shape index (κ1) is 12.1. The smallest absolute Gasteiger partial charge is 0.0635 e. The van der Waals surface area contributed by atoms with Gasteiger partial charge in [-0.15, -0.1) is 0 Å². The van der Waals surface area contributed by atoms with Crippen molar-refractivity contribution in [3.63, 3.8) is 0 Å². The van der Waals surface area contributed by atoms with Crippen molar-refractivity contribution in [3.05, 3.63) is 64.9 Å². The Kier molecular flexibility index (Phi) is 4.13. The number of halogens is 1. The molecule has 1 aromatic carbocycles. The molecule has 2 nitrogen and oxygen atoms in total. The summed E-state index contributed by atoms with van der Waals surface area (Å²) in [5, 5.41) is 10.7. The molecule has 0 fully saturated rings. The van der Waals surface area contributed by atoms with Crippen LogP contribution >= 0.6 is 11.6 Å². The van der Waals surface area contributed by atoms with Crippen molar-refractivity contribution in [1.82, 2.24) is 4.98 Å². The van der Waals surface area contributed by atoms with Gasteiger partial charge in [0.2, 0.25) is 0 Å². The molecule has 0 radical (unpaired) electrons. The molecule has 88 valence electrons. The van der Waals surface area contributed by atoms with Gasteiger partial charge in [0.05, 0.1) is 6.10 Å². The van der Waals surface area contributed by atoms with E-state index in [1.165, 1.54) is 0 Å². The fraction of sp³-hybridized carbons (Fsp3) is 0.214. The summed E-state index contributed by atoms with van der Waals surface area (Å²) >= 11 is 5.89. The maximum Gasteiger partial charge on any atom is 0.0635 e. The molecule has 0 spiro atoms. The third-order valence-corrected chi connectivity index (χ3v) is 2.77. The molecule has 1 aromatic heterocycles. The minimum absolute atomic E-state index is 0.427. The van der Waals surface area contributed by atoms with E-state index in [1.54, 1.807) is 6.20 Å². The van der Waals surface area contributed by atoms with E-state index in [-0.39, 0.29) is 0 Å². The van der Waals surface area contributed by atoms with Crippen LogP contribution < -0.4 is 0 Å². The Bertz CT molecular complexity index is 473. The topological polar surface area (TPSA) is 33.1 Å². The van der Waals surface area contributed by atoms with E-state index in [0.717, 1.165) is 11.3 Å². The second-order valence-corrected chi connectivity index (χ2v) is 4.45. The van der Waals surface area contributed by atoms with Crippen LogP contribution in [0.15, 0.2) is 48.7 Å². The molecule has 2 aromatic rings. The number of aliphatic hydroxyl groups excluding tert-OH is 1. The largest absolute Gasteiger partial charge is 0.392 e. The highest BCUT2D eigenvalue weighted by atomic mass is 35.5. The van der Waals surface area contributed by atoms with Gasteiger partial charge in [0.25, 0.3) is 0 Å². The minimum Gasteiger partial charge on any atom is -0.392 e. The van der Waals surface area contributed by atoms with E-state index in [9.17, 15) is 5.11 Å². The molecule has 0 saturated heterocycles. The van der Waals surface area contributed by atoms with Gasteiger partial charge >= 0.3 is 0 Å². The van der Waals surface area contributed by atoms with Gasteiger partial charge in [0, 0.05) is 23.3 Å². The first-order valence-electron chi connectivity index (χ1n) is 5.56. The third-order valence-electron chi connectivity index (χ3n) is 2.53. The lowest BCUT2D eigenvalue weighted by Gasteiger charge is -2.10. The van der Waals surface area contributed by atoms with Crippen molar-refractivity contribution in [2.75, 3.05) is 0 Å². The normalized spacial score (nSPS) is 12.4. The fourth-order valence-corrected chi connectivity index (χ4v) is 1.98. The van der Waals surface area contributed by atoms with Crippen molar-refractivity contribution in [3.8, 4) is 0 Å². The second-order valence-electron chi connectivity index (χ2n) is 4.01. The number of pyridine rings is 1. The number of rotatable bonds is 4. The van der Waals surface area contributed by atoms with Crippen molar-refractivity contribution in [1.29, 1.82) is 0 Å². The van der Waals surface area contributed by atoms with E-state index >= 15 is 0 Å². The van der Waals surface area contributed by atoms with Crippen molar-refractivity contribution in [2.45, 2.75) is 18.9 Å². The Balaban J connectivity index is 1.96. The molecule has 0 aliphatic rings. The zero-order valence-electron chi connectivity index (χ0n) is 9.38. The molecule has 3 heteroatoms. The lowest BCUT2D eigenvalue weighted by molar-refractivity contribution is 0.174. The van der Waals surface area contributed by atoms with Gasteiger partial charge < -0.3 is 5.11 Å². The maximum absolute atomic E-state index is 9.96. The number of benzene rings is 1. The highest BCUT2D eigenvalue weighted by Crippen LogP contribution is 2.13. The van der Waals surface area contributed by atoms with Gasteiger partial charge in [-0.25, -0.2) is 0 Å². The molecule has 1 unspecified atom stereocenters. The molecule has 0 amide bonds. The average molecular weight is 248 g/mol. The first-order chi connectivity index (χ1) is 8.24. The summed E-state index contributed by atoms with van der Waals surface area (Å²) < 4.78 is 0. The van der Waals surface area contributed by atoms with E-state index in [1.807, 2.05) is 42.5 Å². The Morgan fingerprint density at radius 1 is 1.12 bits per heavy atom. The van der Waals surface area contributed by atoms with Crippen LogP contribution in [0.25, 0.3) is 0 Å². The number of hydrogen-bond donors (Lipinski definition) is 1.